The Hall–Kier alpha value is -1.77. The van der Waals surface area contributed by atoms with Gasteiger partial charge in [0, 0.05) is 6.54 Å². The Labute approximate surface area is 95.1 Å². The van der Waals surface area contributed by atoms with E-state index in [0.29, 0.717) is 0 Å². The predicted molar refractivity (Wildman–Crippen MR) is 57.4 cm³/mol. The van der Waals surface area contributed by atoms with Gasteiger partial charge < -0.3 is 20.3 Å². The molecule has 0 unspecified atom stereocenters. The number of amides is 1. The number of rotatable bonds is 3. The second kappa shape index (κ2) is 5.04. The first-order valence-corrected chi connectivity index (χ1v) is 6.12. The van der Waals surface area contributed by atoms with E-state index in [0.717, 1.165) is 0 Å². The molecule has 6 N–H and O–H groups in total. The van der Waals surface area contributed by atoms with Crippen molar-refractivity contribution >= 4 is 31.0 Å². The molecule has 0 aromatic carbocycles. The molecule has 0 bridgehead atoms. The van der Waals surface area contributed by atoms with Gasteiger partial charge in [0.25, 0.3) is 5.91 Å². The van der Waals surface area contributed by atoms with Crippen LogP contribution < -0.4 is 10.6 Å². The fourth-order valence-corrected chi connectivity index (χ4v) is 1.37. The Morgan fingerprint density at radius 2 is 2.18 bits per heavy atom. The number of oxime groups is 1. The van der Waals surface area contributed by atoms with Crippen LogP contribution in [0.1, 0.15) is 0 Å². The summed E-state index contributed by atoms with van der Waals surface area (Å²) in [5, 5.41) is 22.8. The van der Waals surface area contributed by atoms with Crippen molar-refractivity contribution in [1.82, 2.24) is 10.6 Å². The van der Waals surface area contributed by atoms with E-state index in [-0.39, 0.29) is 12.5 Å². The number of guanidine groups is 1. The van der Waals surface area contributed by atoms with Gasteiger partial charge in [-0.2, -0.15) is 4.99 Å². The molecule has 1 aliphatic heterocycles. The number of carbonyl (C=O) groups excluding carboxylic acids is 1. The van der Waals surface area contributed by atoms with E-state index < -0.39 is 31.2 Å². The third-order valence-corrected chi connectivity index (χ3v) is 2.50. The summed E-state index contributed by atoms with van der Waals surface area (Å²) < 4.78 is 10.5. The number of carbonyl (C=O) groups is 1. The van der Waals surface area contributed by atoms with Crippen molar-refractivity contribution in [2.24, 2.45) is 10.1 Å². The van der Waals surface area contributed by atoms with Gasteiger partial charge in [0.15, 0.2) is 5.84 Å². The highest BCUT2D eigenvalue weighted by Gasteiger charge is 2.25. The molecule has 11 heteroatoms. The van der Waals surface area contributed by atoms with Gasteiger partial charge in [-0.15, -0.1) is 0 Å². The molecule has 0 aliphatic carbocycles. The van der Waals surface area contributed by atoms with Crippen molar-refractivity contribution in [3.63, 3.8) is 0 Å². The van der Waals surface area contributed by atoms with E-state index in [1.165, 1.54) is 0 Å². The van der Waals surface area contributed by atoms with Crippen LogP contribution in [0.25, 0.3) is 0 Å². The van der Waals surface area contributed by atoms with Gasteiger partial charge in [-0.05, 0) is 0 Å². The van der Waals surface area contributed by atoms with E-state index in [1.807, 2.05) is 0 Å². The van der Waals surface area contributed by atoms with E-state index in [1.54, 1.807) is 0 Å². The van der Waals surface area contributed by atoms with Crippen LogP contribution in [0.3, 0.4) is 0 Å². The number of amidine groups is 1. The first-order valence-electron chi connectivity index (χ1n) is 4.33. The summed E-state index contributed by atoms with van der Waals surface area (Å²) in [5.41, 5.74) is -0.537. The molecule has 0 aromatic rings. The van der Waals surface area contributed by atoms with E-state index in [4.69, 9.17) is 20.4 Å². The lowest BCUT2D eigenvalue weighted by Gasteiger charge is -2.15. The fraction of sp³-hybridized carbons (Fsp3) is 0.333. The zero-order chi connectivity index (χ0) is 13.1. The molecule has 94 valence electrons. The van der Waals surface area contributed by atoms with Gasteiger partial charge in [-0.1, -0.05) is 5.16 Å². The highest BCUT2D eigenvalue weighted by atomic mass is 31.2. The van der Waals surface area contributed by atoms with E-state index >= 15 is 0 Å². The van der Waals surface area contributed by atoms with Crippen molar-refractivity contribution in [2.45, 2.75) is 0 Å². The lowest BCUT2D eigenvalue weighted by molar-refractivity contribution is -0.113. The average molecular weight is 263 g/mol. The summed E-state index contributed by atoms with van der Waals surface area (Å²) in [4.78, 5) is 31.9. The summed E-state index contributed by atoms with van der Waals surface area (Å²) >= 11 is 0. The summed E-state index contributed by atoms with van der Waals surface area (Å²) in [5.74, 6) is -1.50. The standard InChI is InChI=1S/C6H10N5O5P/c7-4-3(11-13)5(12)10-6(9-4)8-1-2-17(14,15)16/h13H,1-2H2,(H2,14,15,16)(H3,7,8,9,10,12)/b11-3+. The van der Waals surface area contributed by atoms with Gasteiger partial charge in [0.05, 0.1) is 6.16 Å². The van der Waals surface area contributed by atoms with Crippen molar-refractivity contribution in [1.29, 1.82) is 5.41 Å². The minimum Gasteiger partial charge on any atom is -0.410 e. The van der Waals surface area contributed by atoms with Crippen LogP contribution >= 0.6 is 7.60 Å². The average Bonchev–Trinajstić information content (AvgIpc) is 2.15. The van der Waals surface area contributed by atoms with Gasteiger partial charge >= 0.3 is 7.60 Å². The minimum atomic E-state index is -4.13. The molecule has 0 aromatic heterocycles. The minimum absolute atomic E-state index is 0.123. The van der Waals surface area contributed by atoms with Crippen LogP contribution in [0.5, 0.6) is 0 Å². The number of nitrogens with zero attached hydrogens (tertiary/aromatic N) is 2. The molecule has 0 saturated heterocycles. The molecule has 1 rings (SSSR count). The summed E-state index contributed by atoms with van der Waals surface area (Å²) in [6, 6.07) is 0. The maximum absolute atomic E-state index is 11.2. The van der Waals surface area contributed by atoms with Crippen molar-refractivity contribution in [3.05, 3.63) is 0 Å². The molecular weight excluding hydrogens is 253 g/mol. The van der Waals surface area contributed by atoms with Gasteiger partial charge in [0.2, 0.25) is 11.7 Å². The van der Waals surface area contributed by atoms with E-state index in [9.17, 15) is 9.36 Å². The molecule has 0 atom stereocenters. The van der Waals surface area contributed by atoms with Crippen molar-refractivity contribution in [3.8, 4) is 0 Å². The molecule has 1 amide bonds. The second-order valence-electron chi connectivity index (χ2n) is 3.03. The summed E-state index contributed by atoms with van der Waals surface area (Å²) in [6.45, 7) is -0.123. The van der Waals surface area contributed by atoms with Crippen LogP contribution in [0.15, 0.2) is 10.1 Å². The molecular formula is C6H10N5O5P. The molecule has 0 spiro atoms. The molecule has 0 saturated carbocycles. The molecule has 0 fully saturated rings. The summed E-state index contributed by atoms with van der Waals surface area (Å²) in [6.07, 6.45) is -0.434. The second-order valence-corrected chi connectivity index (χ2v) is 4.80. The largest absolute Gasteiger partial charge is 0.410 e. The number of aliphatic imine (C=N–C) groups is 1. The first kappa shape index (κ1) is 13.3. The fourth-order valence-electron chi connectivity index (χ4n) is 0.963. The number of nitrogens with one attached hydrogen (secondary N) is 3. The van der Waals surface area contributed by atoms with Gasteiger partial charge in [0.1, 0.15) is 0 Å². The number of hydrogen-bond acceptors (Lipinski definition) is 6. The van der Waals surface area contributed by atoms with Crippen LogP contribution in [-0.2, 0) is 9.36 Å². The lowest BCUT2D eigenvalue weighted by atomic mass is 10.3. The van der Waals surface area contributed by atoms with Crippen LogP contribution in [-0.4, -0.2) is 51.1 Å². The smallest absolute Gasteiger partial charge is 0.327 e. The van der Waals surface area contributed by atoms with Gasteiger partial charge in [-0.25, -0.2) is 0 Å². The third kappa shape index (κ3) is 3.94. The highest BCUT2D eigenvalue weighted by Crippen LogP contribution is 2.32. The van der Waals surface area contributed by atoms with Crippen LogP contribution in [0, 0.1) is 5.41 Å². The van der Waals surface area contributed by atoms with Crippen LogP contribution in [0.2, 0.25) is 0 Å². The Bertz CT molecular complexity index is 452. The monoisotopic (exact) mass is 263 g/mol. The summed E-state index contributed by atoms with van der Waals surface area (Å²) in [7, 11) is -4.13. The normalized spacial score (nSPS) is 18.9. The molecule has 0 radical (unpaired) electrons. The molecule has 1 heterocycles. The lowest BCUT2D eigenvalue weighted by Crippen LogP contribution is -2.50. The van der Waals surface area contributed by atoms with Crippen molar-refractivity contribution < 1.29 is 24.4 Å². The van der Waals surface area contributed by atoms with Crippen molar-refractivity contribution in [2.75, 3.05) is 12.7 Å². The SMILES string of the molecule is N=C1N=C(NCCP(=O)(O)O)NC(=O)/C1=N/O. The highest BCUT2D eigenvalue weighted by molar-refractivity contribution is 7.51. The Morgan fingerprint density at radius 1 is 1.53 bits per heavy atom. The van der Waals surface area contributed by atoms with Crippen LogP contribution in [0.4, 0.5) is 0 Å². The number of hydrogen-bond donors (Lipinski definition) is 6. The Morgan fingerprint density at radius 3 is 2.65 bits per heavy atom. The third-order valence-electron chi connectivity index (χ3n) is 1.69. The maximum Gasteiger partial charge on any atom is 0.327 e. The molecule has 1 aliphatic rings. The zero-order valence-corrected chi connectivity index (χ0v) is 9.31. The zero-order valence-electron chi connectivity index (χ0n) is 8.41. The topological polar surface area (TPSA) is 167 Å². The quantitative estimate of drug-likeness (QED) is 0.196. The maximum atomic E-state index is 11.2. The Balaban J connectivity index is 2.60. The first-order chi connectivity index (χ1) is 7.83. The molecule has 17 heavy (non-hydrogen) atoms. The Kier molecular flexibility index (Phi) is 3.94. The predicted octanol–water partition coefficient (Wildman–Crippen LogP) is -1.95. The molecule has 10 nitrogen and oxygen atoms in total. The van der Waals surface area contributed by atoms with E-state index in [2.05, 4.69) is 20.8 Å². The van der Waals surface area contributed by atoms with Gasteiger partial charge in [-0.3, -0.25) is 20.1 Å².